The highest BCUT2D eigenvalue weighted by Crippen LogP contribution is 2.35. The fourth-order valence-corrected chi connectivity index (χ4v) is 5.73. The van der Waals surface area contributed by atoms with Gasteiger partial charge in [0.05, 0.1) is 33.5 Å². The number of likely N-dealkylation sites (tertiary alicyclic amines) is 1. The highest BCUT2D eigenvalue weighted by atomic mass is 35.5. The number of nitrogens with one attached hydrogen (secondary N) is 1. The molecule has 0 radical (unpaired) electrons. The smallest absolute Gasteiger partial charge is 0.342 e. The summed E-state index contributed by atoms with van der Waals surface area (Å²) < 4.78 is 1.68. The van der Waals surface area contributed by atoms with Crippen LogP contribution in [0.1, 0.15) is 18.7 Å². The average molecular weight is 571 g/mol. The molecule has 6 rings (SSSR count). The molecule has 0 spiro atoms. The minimum Gasteiger partial charge on any atom is -0.396 e. The lowest BCUT2D eigenvalue weighted by molar-refractivity contribution is -0.392. The summed E-state index contributed by atoms with van der Waals surface area (Å²) in [6, 6.07) is 17.6. The van der Waals surface area contributed by atoms with Crippen LogP contribution in [-0.2, 0) is 6.54 Å². The molecule has 10 nitrogen and oxygen atoms in total. The number of nitro groups is 1. The van der Waals surface area contributed by atoms with Gasteiger partial charge in [-0.25, -0.2) is 14.5 Å². The first-order chi connectivity index (χ1) is 19.9. The number of nitrogen functional groups attached to an aromatic ring is 1. The third-order valence-corrected chi connectivity index (χ3v) is 8.20. The molecule has 0 amide bonds. The fraction of sp³-hybridized carbons (Fsp3) is 0.300. The van der Waals surface area contributed by atoms with Gasteiger partial charge in [-0.15, -0.1) is 0 Å². The normalized spacial score (nSPS) is 15.2. The van der Waals surface area contributed by atoms with Gasteiger partial charge in [0.25, 0.3) is 0 Å². The molecule has 210 valence electrons. The molecule has 1 fully saturated rings. The summed E-state index contributed by atoms with van der Waals surface area (Å²) in [6.45, 7) is 5.63. The Morgan fingerprint density at radius 3 is 2.66 bits per heavy atom. The number of benzene rings is 3. The van der Waals surface area contributed by atoms with Crippen molar-refractivity contribution in [1.29, 1.82) is 0 Å². The predicted molar refractivity (Wildman–Crippen MR) is 161 cm³/mol. The molecular weight excluding hydrogens is 540 g/mol. The fourth-order valence-electron chi connectivity index (χ4n) is 5.61. The lowest BCUT2D eigenvalue weighted by Gasteiger charge is -2.30. The molecule has 3 aromatic rings. The van der Waals surface area contributed by atoms with E-state index in [0.29, 0.717) is 35.5 Å². The van der Waals surface area contributed by atoms with Crippen molar-refractivity contribution in [3.05, 3.63) is 87.1 Å². The molecule has 0 unspecified atom stereocenters. The van der Waals surface area contributed by atoms with E-state index in [1.54, 1.807) is 11.5 Å². The number of halogens is 1. The van der Waals surface area contributed by atoms with Gasteiger partial charge >= 0.3 is 5.82 Å². The maximum atomic E-state index is 11.3. The lowest BCUT2D eigenvalue weighted by atomic mass is 9.96. The summed E-state index contributed by atoms with van der Waals surface area (Å²) in [5, 5.41) is 12.7. The van der Waals surface area contributed by atoms with E-state index in [1.807, 2.05) is 54.6 Å². The number of H-pyrrole nitrogens is 1. The molecule has 2 aromatic carbocycles. The Morgan fingerprint density at radius 2 is 1.90 bits per heavy atom. The van der Waals surface area contributed by atoms with Crippen LogP contribution in [0.3, 0.4) is 0 Å². The number of nitrogens with zero attached hydrogens (tertiary/aromatic N) is 6. The Bertz CT molecular complexity index is 1750. The number of hydrogen-bond acceptors (Lipinski definition) is 7. The lowest BCUT2D eigenvalue weighted by Crippen LogP contribution is -2.37. The summed E-state index contributed by atoms with van der Waals surface area (Å²) in [5.41, 5.74) is 12.7. The van der Waals surface area contributed by atoms with Gasteiger partial charge in [0, 0.05) is 30.6 Å². The largest absolute Gasteiger partial charge is 0.396 e. The molecular formula is C30H31ClN8O2. The van der Waals surface area contributed by atoms with Gasteiger partial charge in [0.1, 0.15) is 12.7 Å². The molecule has 0 saturated carbocycles. The maximum Gasteiger partial charge on any atom is 0.342 e. The minimum absolute atomic E-state index is 0.0440. The number of aromatic nitrogens is 4. The highest BCUT2D eigenvalue weighted by molar-refractivity contribution is 6.30. The van der Waals surface area contributed by atoms with E-state index in [0.717, 1.165) is 71.4 Å². The van der Waals surface area contributed by atoms with E-state index in [9.17, 15) is 10.1 Å². The summed E-state index contributed by atoms with van der Waals surface area (Å²) in [6.07, 6.45) is 3.34. The Labute approximate surface area is 242 Å². The summed E-state index contributed by atoms with van der Waals surface area (Å²) in [5.74, 6) is 1.14. The number of piperidine rings is 1. The van der Waals surface area contributed by atoms with Crippen LogP contribution in [0.25, 0.3) is 33.5 Å². The van der Waals surface area contributed by atoms with E-state index >= 15 is 0 Å². The van der Waals surface area contributed by atoms with Crippen molar-refractivity contribution in [2.45, 2.75) is 26.3 Å². The number of fused-ring (bicyclic) bond motifs is 2. The second-order valence-corrected chi connectivity index (χ2v) is 11.0. The van der Waals surface area contributed by atoms with Crippen LogP contribution < -0.4 is 11.1 Å². The standard InChI is InChI=1S/C30H31ClN8O2/c1-19-33-18-27(39(40)41)38(19)15-14-37-12-10-20(11-13-37)17-34-25-16-26-30(36-24-5-3-2-4-23(24)35-26)28(29(25)32)21-6-8-22(31)9-7-21/h2-9,16,18,20,35H,10-15,17,32H2,1H3. The summed E-state index contributed by atoms with van der Waals surface area (Å²) in [4.78, 5) is 30.9. The van der Waals surface area contributed by atoms with Crippen molar-refractivity contribution in [2.75, 3.05) is 31.9 Å². The predicted octanol–water partition coefficient (Wildman–Crippen LogP) is 5.30. The van der Waals surface area contributed by atoms with Crippen LogP contribution in [0.2, 0.25) is 5.02 Å². The number of nitrogens with two attached hydrogens (primary N) is 1. The second kappa shape index (κ2) is 11.3. The maximum absolute atomic E-state index is 11.3. The van der Waals surface area contributed by atoms with E-state index in [2.05, 4.69) is 14.9 Å². The van der Waals surface area contributed by atoms with Crippen molar-refractivity contribution >= 4 is 34.1 Å². The van der Waals surface area contributed by atoms with Crippen LogP contribution in [0, 0.1) is 23.0 Å². The number of rotatable bonds is 7. The topological polar surface area (TPSA) is 131 Å². The molecule has 0 atom stereocenters. The third-order valence-electron chi connectivity index (χ3n) is 7.94. The summed E-state index contributed by atoms with van der Waals surface area (Å²) in [7, 11) is 0. The number of imidazole rings is 1. The average Bonchev–Trinajstić information content (AvgIpc) is 3.35. The van der Waals surface area contributed by atoms with E-state index in [1.165, 1.54) is 6.20 Å². The van der Waals surface area contributed by atoms with Crippen molar-refractivity contribution in [3.8, 4) is 22.5 Å². The van der Waals surface area contributed by atoms with E-state index < -0.39 is 0 Å². The van der Waals surface area contributed by atoms with Crippen molar-refractivity contribution in [1.82, 2.24) is 24.4 Å². The Hall–Kier alpha value is -4.28. The van der Waals surface area contributed by atoms with Gasteiger partial charge in [-0.2, -0.15) is 0 Å². The van der Waals surface area contributed by atoms with Gasteiger partial charge in [-0.1, -0.05) is 35.9 Å². The molecule has 3 N–H and O–H groups in total. The zero-order valence-corrected chi connectivity index (χ0v) is 23.5. The first kappa shape index (κ1) is 26.9. The van der Waals surface area contributed by atoms with Crippen molar-refractivity contribution in [2.24, 2.45) is 10.9 Å². The Balaban J connectivity index is 1.22. The van der Waals surface area contributed by atoms with E-state index in [4.69, 9.17) is 27.3 Å². The monoisotopic (exact) mass is 570 g/mol. The Kier molecular flexibility index (Phi) is 7.42. The molecule has 1 aromatic heterocycles. The molecule has 1 aliphatic carbocycles. The van der Waals surface area contributed by atoms with Gasteiger partial charge < -0.3 is 20.8 Å². The number of anilines is 1. The molecule has 3 heterocycles. The Morgan fingerprint density at radius 1 is 1.15 bits per heavy atom. The second-order valence-electron chi connectivity index (χ2n) is 10.5. The van der Waals surface area contributed by atoms with Crippen molar-refractivity contribution < 1.29 is 4.92 Å². The molecule has 2 aliphatic heterocycles. The minimum atomic E-state index is -0.374. The molecule has 1 saturated heterocycles. The van der Waals surface area contributed by atoms with Crippen LogP contribution in [-0.4, -0.2) is 55.5 Å². The molecule has 3 aliphatic rings. The number of hydrogen-bond donors (Lipinski definition) is 2. The zero-order chi connectivity index (χ0) is 28.5. The first-order valence-corrected chi connectivity index (χ1v) is 14.1. The SMILES string of the molecule is Cc1ncc([N+](=O)[O-])n1CCN1CCC(CN=c2cc3[nH]c4ccccc4nc-3c(-c3ccc(Cl)cc3)c2N)CC1. The number of aromatic amines is 1. The van der Waals surface area contributed by atoms with Crippen LogP contribution in [0.15, 0.2) is 65.8 Å². The zero-order valence-electron chi connectivity index (χ0n) is 22.8. The summed E-state index contributed by atoms with van der Waals surface area (Å²) >= 11 is 6.18. The van der Waals surface area contributed by atoms with Gasteiger partial charge in [0.15, 0.2) is 5.82 Å². The molecule has 0 bridgehead atoms. The van der Waals surface area contributed by atoms with Gasteiger partial charge in [-0.05, 0) is 72.7 Å². The first-order valence-electron chi connectivity index (χ1n) is 13.7. The third kappa shape index (κ3) is 5.53. The van der Waals surface area contributed by atoms with Gasteiger partial charge in [0.2, 0.25) is 0 Å². The van der Waals surface area contributed by atoms with Crippen LogP contribution >= 0.6 is 11.6 Å². The van der Waals surface area contributed by atoms with E-state index in [-0.39, 0.29) is 10.7 Å². The molecule has 11 heteroatoms. The number of aryl methyl sites for hydroxylation is 1. The highest BCUT2D eigenvalue weighted by Gasteiger charge is 2.23. The van der Waals surface area contributed by atoms with Crippen LogP contribution in [0.5, 0.6) is 0 Å². The quantitative estimate of drug-likeness (QED) is 0.118. The number of para-hydroxylation sites is 2. The van der Waals surface area contributed by atoms with Gasteiger partial charge in [-0.3, -0.25) is 9.89 Å². The van der Waals surface area contributed by atoms with Crippen LogP contribution in [0.4, 0.5) is 11.5 Å². The molecule has 41 heavy (non-hydrogen) atoms. The van der Waals surface area contributed by atoms with Crippen molar-refractivity contribution in [3.63, 3.8) is 0 Å².